The molecule has 0 bridgehead atoms. The highest BCUT2D eigenvalue weighted by Crippen LogP contribution is 2.38. The van der Waals surface area contributed by atoms with Gasteiger partial charge in [0.05, 0.1) is 11.3 Å². The fraction of sp³-hybridized carbons (Fsp3) is 0.150. The van der Waals surface area contributed by atoms with Gasteiger partial charge in [-0.05, 0) is 37.6 Å². The van der Waals surface area contributed by atoms with Crippen LogP contribution >= 0.6 is 11.6 Å². The molecule has 0 saturated heterocycles. The molecule has 26 heavy (non-hydrogen) atoms. The Hall–Kier alpha value is -3.10. The van der Waals surface area contributed by atoms with Crippen molar-refractivity contribution in [2.24, 2.45) is 0 Å². The molecule has 0 radical (unpaired) electrons. The molecule has 1 heterocycles. The molecular weight excluding hydrogens is 350 g/mol. The van der Waals surface area contributed by atoms with Crippen LogP contribution in [0.1, 0.15) is 18.1 Å². The maximum absolute atomic E-state index is 12.8. The molecule has 0 saturated carbocycles. The average Bonchev–Trinajstić information content (AvgIpc) is 2.91. The summed E-state index contributed by atoms with van der Waals surface area (Å²) < 4.78 is 0. The smallest absolute Gasteiger partial charge is 0.267 e. The second-order valence-electron chi connectivity index (χ2n) is 5.79. The normalized spacial score (nSPS) is 14.7. The van der Waals surface area contributed by atoms with Crippen molar-refractivity contribution in [3.63, 3.8) is 0 Å². The van der Waals surface area contributed by atoms with E-state index in [-0.39, 0.29) is 17.1 Å². The molecule has 0 unspecified atom stereocenters. The summed E-state index contributed by atoms with van der Waals surface area (Å²) in [7, 11) is 0. The molecule has 0 fully saturated rings. The number of amides is 2. The zero-order chi connectivity index (χ0) is 18.8. The number of carbonyl (C=O) groups excluding carboxylic acids is 2. The van der Waals surface area contributed by atoms with Crippen molar-refractivity contribution in [3.05, 3.63) is 64.2 Å². The molecule has 0 spiro atoms. The molecule has 1 N–H and O–H groups in total. The number of halogens is 1. The fourth-order valence-corrected chi connectivity index (χ4v) is 3.16. The minimum Gasteiger partial charge on any atom is -0.321 e. The van der Waals surface area contributed by atoms with Crippen LogP contribution in [0.5, 0.6) is 0 Å². The Kier molecular flexibility index (Phi) is 4.79. The van der Waals surface area contributed by atoms with Crippen LogP contribution in [0.3, 0.4) is 0 Å². The van der Waals surface area contributed by atoms with E-state index in [1.807, 2.05) is 19.1 Å². The highest BCUT2D eigenvalue weighted by Gasteiger charge is 2.35. The van der Waals surface area contributed by atoms with Crippen LogP contribution in [-0.4, -0.2) is 18.4 Å². The summed E-state index contributed by atoms with van der Waals surface area (Å²) in [6, 6.07) is 14.2. The summed E-state index contributed by atoms with van der Waals surface area (Å²) in [5, 5.41) is 12.8. The lowest BCUT2D eigenvalue weighted by Crippen LogP contribution is -2.27. The maximum Gasteiger partial charge on any atom is 0.267 e. The molecule has 0 aliphatic carbocycles. The van der Waals surface area contributed by atoms with Gasteiger partial charge in [0, 0.05) is 22.8 Å². The van der Waals surface area contributed by atoms with Crippen LogP contribution in [0.25, 0.3) is 5.57 Å². The molecule has 130 valence electrons. The lowest BCUT2D eigenvalue weighted by Gasteiger charge is -2.13. The molecule has 1 aliphatic heterocycles. The van der Waals surface area contributed by atoms with Gasteiger partial charge in [-0.25, -0.2) is 0 Å². The molecule has 3 rings (SSSR count). The van der Waals surface area contributed by atoms with Crippen LogP contribution in [0, 0.1) is 18.3 Å². The Morgan fingerprint density at radius 1 is 1.23 bits per heavy atom. The van der Waals surface area contributed by atoms with Gasteiger partial charge < -0.3 is 10.2 Å². The number of anilines is 2. The van der Waals surface area contributed by atoms with Crippen LogP contribution in [0.15, 0.2) is 48.0 Å². The Balaban J connectivity index is 2.08. The number of para-hydroxylation sites is 1. The summed E-state index contributed by atoms with van der Waals surface area (Å²) in [5.74, 6) is -0.975. The van der Waals surface area contributed by atoms with Crippen molar-refractivity contribution in [2.75, 3.05) is 16.8 Å². The van der Waals surface area contributed by atoms with Crippen molar-refractivity contribution in [2.45, 2.75) is 13.8 Å². The number of nitrogens with zero attached hydrogens (tertiary/aromatic N) is 2. The van der Waals surface area contributed by atoms with E-state index in [2.05, 4.69) is 5.32 Å². The van der Waals surface area contributed by atoms with E-state index in [0.717, 1.165) is 0 Å². The van der Waals surface area contributed by atoms with E-state index in [1.165, 1.54) is 0 Å². The van der Waals surface area contributed by atoms with Gasteiger partial charge in [0.1, 0.15) is 11.6 Å². The first-order valence-electron chi connectivity index (χ1n) is 8.11. The second-order valence-corrected chi connectivity index (χ2v) is 6.20. The fourth-order valence-electron chi connectivity index (χ4n) is 2.98. The van der Waals surface area contributed by atoms with E-state index in [9.17, 15) is 14.9 Å². The number of hydrogen-bond donors (Lipinski definition) is 1. The summed E-state index contributed by atoms with van der Waals surface area (Å²) in [4.78, 5) is 27.1. The first kappa shape index (κ1) is 17.7. The summed E-state index contributed by atoms with van der Waals surface area (Å²) in [5.41, 5.74) is 2.41. The Labute approximate surface area is 156 Å². The zero-order valence-electron chi connectivity index (χ0n) is 14.3. The predicted molar refractivity (Wildman–Crippen MR) is 102 cm³/mol. The highest BCUT2D eigenvalue weighted by atomic mass is 35.5. The number of nitrogens with one attached hydrogen (secondary N) is 1. The van der Waals surface area contributed by atoms with Gasteiger partial charge in [-0.1, -0.05) is 35.9 Å². The van der Waals surface area contributed by atoms with Crippen LogP contribution in [-0.2, 0) is 9.59 Å². The molecule has 2 aromatic rings. The summed E-state index contributed by atoms with van der Waals surface area (Å²) in [6.45, 7) is 4.07. The van der Waals surface area contributed by atoms with Gasteiger partial charge in [-0.3, -0.25) is 9.59 Å². The Morgan fingerprint density at radius 3 is 2.65 bits per heavy atom. The molecule has 6 heteroatoms. The summed E-state index contributed by atoms with van der Waals surface area (Å²) in [6.07, 6.45) is 0. The molecule has 0 atom stereocenters. The minimum absolute atomic E-state index is 0.127. The third-order valence-electron chi connectivity index (χ3n) is 4.34. The molecule has 5 nitrogen and oxygen atoms in total. The van der Waals surface area contributed by atoms with Gasteiger partial charge in [-0.15, -0.1) is 0 Å². The van der Waals surface area contributed by atoms with Crippen LogP contribution in [0.2, 0.25) is 5.02 Å². The average molecular weight is 366 g/mol. The molecule has 2 aromatic carbocycles. The van der Waals surface area contributed by atoms with Gasteiger partial charge in [-0.2, -0.15) is 5.26 Å². The maximum atomic E-state index is 12.8. The third kappa shape index (κ3) is 2.85. The third-order valence-corrected chi connectivity index (χ3v) is 4.75. The monoisotopic (exact) mass is 365 g/mol. The van der Waals surface area contributed by atoms with E-state index >= 15 is 0 Å². The lowest BCUT2D eigenvalue weighted by molar-refractivity contribution is -0.114. The second kappa shape index (κ2) is 7.03. The van der Waals surface area contributed by atoms with Gasteiger partial charge in [0.15, 0.2) is 0 Å². The number of fused-ring (bicyclic) bond motifs is 1. The molecular formula is C20H16ClN3O2. The quantitative estimate of drug-likeness (QED) is 0.661. The topological polar surface area (TPSA) is 73.2 Å². The van der Waals surface area contributed by atoms with Crippen molar-refractivity contribution >= 4 is 40.4 Å². The number of likely N-dealkylation sites (N-methyl/N-ethyl adjacent to an activating group) is 1. The van der Waals surface area contributed by atoms with E-state index in [0.29, 0.717) is 34.1 Å². The van der Waals surface area contributed by atoms with Crippen molar-refractivity contribution in [3.8, 4) is 6.07 Å². The Bertz CT molecular complexity index is 989. The van der Waals surface area contributed by atoms with Gasteiger partial charge in [0.2, 0.25) is 0 Å². The Morgan fingerprint density at radius 2 is 1.96 bits per heavy atom. The first-order chi connectivity index (χ1) is 12.5. The van der Waals surface area contributed by atoms with Crippen molar-refractivity contribution in [1.82, 2.24) is 0 Å². The number of hydrogen-bond acceptors (Lipinski definition) is 3. The van der Waals surface area contributed by atoms with E-state index < -0.39 is 5.91 Å². The molecule has 0 aromatic heterocycles. The number of carbonyl (C=O) groups is 2. The largest absolute Gasteiger partial charge is 0.321 e. The van der Waals surface area contributed by atoms with Crippen molar-refractivity contribution in [1.29, 1.82) is 5.26 Å². The van der Waals surface area contributed by atoms with Crippen LogP contribution in [0.4, 0.5) is 11.4 Å². The molecule has 1 aliphatic rings. The zero-order valence-corrected chi connectivity index (χ0v) is 15.1. The highest BCUT2D eigenvalue weighted by molar-refractivity contribution is 6.38. The summed E-state index contributed by atoms with van der Waals surface area (Å²) >= 11 is 6.08. The van der Waals surface area contributed by atoms with E-state index in [4.69, 9.17) is 11.6 Å². The number of nitriles is 1. The SMILES string of the molecule is CCN1C(=O)C(=C(C#N)C(=O)Nc2cccc(Cl)c2C)c2ccccc21. The van der Waals surface area contributed by atoms with Gasteiger partial charge in [0.25, 0.3) is 11.8 Å². The van der Waals surface area contributed by atoms with E-state index in [1.54, 1.807) is 48.2 Å². The number of rotatable bonds is 3. The lowest BCUT2D eigenvalue weighted by atomic mass is 10.0. The molecule has 2 amide bonds. The van der Waals surface area contributed by atoms with Gasteiger partial charge >= 0.3 is 0 Å². The van der Waals surface area contributed by atoms with Crippen LogP contribution < -0.4 is 10.2 Å². The van der Waals surface area contributed by atoms with Crippen molar-refractivity contribution < 1.29 is 9.59 Å². The number of benzene rings is 2. The minimum atomic E-state index is -0.631. The first-order valence-corrected chi connectivity index (χ1v) is 8.49. The standard InChI is InChI=1S/C20H16ClN3O2/c1-3-24-17-10-5-4-7-13(17)18(20(24)26)14(11-22)19(25)23-16-9-6-8-15(21)12(16)2/h4-10H,3H2,1-2H3,(H,23,25). The predicted octanol–water partition coefficient (Wildman–Crippen LogP) is 3.93.